The number of aromatic nitrogens is 8. The molecule has 141 heavy (non-hydrogen) atoms. The maximum absolute atomic E-state index is 13.9. The van der Waals surface area contributed by atoms with Crippen molar-refractivity contribution < 1.29 is 57.4 Å². The number of fused-ring (bicyclic) bond motifs is 4. The topological polar surface area (TPSA) is 419 Å². The lowest BCUT2D eigenvalue weighted by atomic mass is 9.95. The number of benzene rings is 2. The zero-order chi connectivity index (χ0) is 98.0. The van der Waals surface area contributed by atoms with Crippen molar-refractivity contribution in [2.75, 3.05) is 146 Å². The van der Waals surface area contributed by atoms with E-state index in [1.807, 2.05) is 91.3 Å². The first kappa shape index (κ1) is 104. The number of piperazine rings is 2. The molecule has 6 aromatic heterocycles. The van der Waals surface area contributed by atoms with Gasteiger partial charge in [0.15, 0.2) is 0 Å². The Morgan fingerprint density at radius 3 is 1.34 bits per heavy atom. The van der Waals surface area contributed by atoms with Gasteiger partial charge in [0.1, 0.15) is 80.5 Å². The minimum atomic E-state index is -0.272. The number of carbonyl (C=O) groups is 10. The summed E-state index contributed by atoms with van der Waals surface area (Å²) >= 11 is 1.93. The number of nitrogens with zero attached hydrogens (tertiary/aromatic N) is 14. The van der Waals surface area contributed by atoms with Crippen molar-refractivity contribution in [1.29, 1.82) is 0 Å². The number of Topliss-reactive ketones (excluding diaryl/α,β-unsaturated/α-hetero) is 4. The molecule has 0 unspecified atom stereocenters. The smallest absolute Gasteiger partial charge is 0.315 e. The molecular weight excluding hydrogens is 1810 g/mol. The molecule has 10 N–H and O–H groups in total. The summed E-state index contributed by atoms with van der Waals surface area (Å²) in [6, 6.07) is 25.5. The molecule has 754 valence electrons. The third-order valence-electron chi connectivity index (χ3n) is 28.6. The first-order valence-electron chi connectivity index (χ1n) is 51.6. The van der Waals surface area contributed by atoms with E-state index >= 15 is 0 Å². The van der Waals surface area contributed by atoms with E-state index in [-0.39, 0.29) is 83.5 Å². The Kier molecular flexibility index (Phi) is 39.2. The number of ether oxygens (including phenoxy) is 2. The van der Waals surface area contributed by atoms with Crippen LogP contribution in [-0.2, 0) is 38.2 Å². The van der Waals surface area contributed by atoms with Gasteiger partial charge in [-0.1, -0.05) is 61.4 Å². The molecule has 0 radical (unpaired) electrons. The average molecular weight is 1950 g/mol. The van der Waals surface area contributed by atoms with Gasteiger partial charge in [0.25, 0.3) is 11.8 Å². The SMILES string of the molecule is Nc1nccn2c([C@@H]3CCCCN3C(=O)/C=C/CN3CCN(CCCC(=O)CCCC(=O)CCCCOCCCCCOCCCCC(=O)CCCC[C@@H]4SC[C@@H]5NC(=O)N[C@@H]54)CC3)nc(-c3ccc(C(=O)Nc4ccccn4)cc3)c12.Nc1nccn2c([C@@H]3CCCN3C(=O)/C=C/CN3CCN(CCCC(=O)CCCC[C@@H]4CC[C@@H]5NC(=O)N[C@H]45)CC3)nc(-c3ccc(C(=O)Nc4ccccn4)cc3)c12. The van der Waals surface area contributed by atoms with E-state index in [1.165, 1.54) is 0 Å². The fourth-order valence-corrected chi connectivity index (χ4v) is 22.4. The Hall–Kier alpha value is -11.7. The van der Waals surface area contributed by atoms with Gasteiger partial charge in [0, 0.05) is 239 Å². The van der Waals surface area contributed by atoms with Gasteiger partial charge in [-0.15, -0.1) is 0 Å². The zero-order valence-corrected chi connectivity index (χ0v) is 82.4. The number of piperidine rings is 1. The number of thioether (sulfide) groups is 1. The molecule has 13 heterocycles. The van der Waals surface area contributed by atoms with Crippen LogP contribution in [0.15, 0.2) is 146 Å². The second-order valence-electron chi connectivity index (χ2n) is 38.6. The molecule has 35 heteroatoms. The molecule has 0 bridgehead atoms. The second kappa shape index (κ2) is 53.4. The van der Waals surface area contributed by atoms with Crippen LogP contribution < -0.4 is 43.4 Å². The Bertz CT molecular complexity index is 5540. The molecule has 1 saturated carbocycles. The Labute approximate surface area is 831 Å². The summed E-state index contributed by atoms with van der Waals surface area (Å²) in [6.07, 6.45) is 43.5. The van der Waals surface area contributed by atoms with Gasteiger partial charge in [-0.05, 0) is 202 Å². The maximum Gasteiger partial charge on any atom is 0.315 e. The molecule has 34 nitrogen and oxygen atoms in total. The Morgan fingerprint density at radius 1 is 0.418 bits per heavy atom. The number of imidazole rings is 2. The quantitative estimate of drug-likeness (QED) is 0.00997. The summed E-state index contributed by atoms with van der Waals surface area (Å²) in [5, 5.41) is 18.2. The summed E-state index contributed by atoms with van der Waals surface area (Å²) in [4.78, 5) is 167. The fourth-order valence-electron chi connectivity index (χ4n) is 20.8. The third-order valence-corrected chi connectivity index (χ3v) is 30.1. The number of amides is 8. The van der Waals surface area contributed by atoms with E-state index in [1.54, 1.807) is 85.5 Å². The van der Waals surface area contributed by atoms with E-state index in [9.17, 15) is 47.9 Å². The number of nitrogens with two attached hydrogens (primary N) is 2. The van der Waals surface area contributed by atoms with E-state index in [2.05, 4.69) is 71.4 Å². The summed E-state index contributed by atoms with van der Waals surface area (Å²) in [5.74, 6) is 5.11. The number of ketones is 4. The third kappa shape index (κ3) is 30.0. The molecular formula is C106H142N22O12S. The average Bonchev–Trinajstić information content (AvgIpc) is 1.60. The van der Waals surface area contributed by atoms with E-state index < -0.39 is 0 Å². The van der Waals surface area contributed by atoms with Crippen molar-refractivity contribution in [3.8, 4) is 22.5 Å². The van der Waals surface area contributed by atoms with Gasteiger partial charge in [-0.25, -0.2) is 39.5 Å². The number of likely N-dealkylation sites (tertiary alicyclic amines) is 2. The molecule has 1 aliphatic carbocycles. The molecule has 16 rings (SSSR count). The van der Waals surface area contributed by atoms with Gasteiger partial charge in [-0.2, -0.15) is 11.8 Å². The van der Waals surface area contributed by atoms with Gasteiger partial charge in [-0.3, -0.25) is 57.0 Å². The Morgan fingerprint density at radius 2 is 0.851 bits per heavy atom. The van der Waals surface area contributed by atoms with Crippen molar-refractivity contribution in [1.82, 2.24) is 89.4 Å². The van der Waals surface area contributed by atoms with Gasteiger partial charge in [0.2, 0.25) is 11.8 Å². The van der Waals surface area contributed by atoms with Crippen molar-refractivity contribution in [2.24, 2.45) is 5.92 Å². The molecule has 8 atom stereocenters. The predicted octanol–water partition coefficient (Wildman–Crippen LogP) is 13.6. The predicted molar refractivity (Wildman–Crippen MR) is 546 cm³/mol. The van der Waals surface area contributed by atoms with Crippen molar-refractivity contribution >= 4 is 105 Å². The van der Waals surface area contributed by atoms with E-state index in [0.717, 1.165) is 248 Å². The molecule has 8 aliphatic rings. The Balaban J connectivity index is 0.000000224. The minimum Gasteiger partial charge on any atom is -0.382 e. The van der Waals surface area contributed by atoms with Crippen LogP contribution in [0.5, 0.6) is 0 Å². The number of nitrogens with one attached hydrogen (secondary N) is 6. The molecule has 2 aromatic carbocycles. The maximum atomic E-state index is 13.9. The van der Waals surface area contributed by atoms with Crippen molar-refractivity contribution in [2.45, 2.75) is 241 Å². The minimum absolute atomic E-state index is 0.0353. The standard InChI is InChI=1S/C62H87N11O8S.C44H55N11O4/c63-59-58-56(46-27-29-47(30-28-46)61(78)67-54-25-4-8-31-64-54)68-60(73(58)36-32-65-59)52-23-5-9-35-72(52)55(77)26-16-34-71-39-37-70(38-40-71)33-15-22-50(76)21-14-20-49(75)19-7-13-44-81-42-11-1-10-41-80-43-12-6-18-48(74)17-2-3-24-53-57-51(45-82-53)66-62(79)69-57;45-41-40-39(31-14-16-32(17-15-31)43(58)49-36-12-3-4-20-46-36)50-42(55(40)25-21-47-41)35-11-6-24-54(35)37(57)13-7-23-53-28-26-52(27-29-53)22-5-10-33(56)9-2-1-8-30-18-19-34-38(30)51-44(59)48-34/h4,8,16,25-32,36,51-53,57H,1-3,5-7,9-15,17-24,33-35,37-45H2,(H2,63,65)(H,64,67,78)(H2,66,69,79);3-4,7,12-17,20-21,25,30,34-35,38H,1-2,5-6,8-11,18-19,22-24,26-29H2,(H2,45,47)(H,46,49,58)(H2,48,51,59)/b26-16+;13-7+/t51-,52-,53-,57-;30-,34+,35+,38-/m01/s1. The second-order valence-corrected chi connectivity index (χ2v) is 39.9. The number of unbranched alkanes of at least 4 members (excludes halogenated alkanes) is 6. The highest BCUT2D eigenvalue weighted by Crippen LogP contribution is 2.41. The first-order valence-corrected chi connectivity index (χ1v) is 52.7. The van der Waals surface area contributed by atoms with Crippen LogP contribution in [0.1, 0.15) is 243 Å². The van der Waals surface area contributed by atoms with Crippen LogP contribution in [0.2, 0.25) is 0 Å². The molecule has 7 saturated heterocycles. The van der Waals surface area contributed by atoms with Gasteiger partial charge < -0.3 is 72.4 Å². The monoisotopic (exact) mass is 1950 g/mol. The van der Waals surface area contributed by atoms with Gasteiger partial charge >= 0.3 is 12.1 Å². The number of carbonyl (C=O) groups excluding carboxylic acids is 10. The normalized spacial score (nSPS) is 20.5. The highest BCUT2D eigenvalue weighted by Gasteiger charge is 2.44. The fraction of sp³-hybridized carbons (Fsp3) is 0.547. The van der Waals surface area contributed by atoms with Crippen LogP contribution in [-0.4, -0.2) is 280 Å². The van der Waals surface area contributed by atoms with Crippen LogP contribution in [0.3, 0.4) is 0 Å². The van der Waals surface area contributed by atoms with E-state index in [0.29, 0.717) is 177 Å². The first-order chi connectivity index (χ1) is 68.9. The number of urea groups is 2. The molecule has 7 aliphatic heterocycles. The lowest BCUT2D eigenvalue weighted by Crippen LogP contribution is -2.46. The van der Waals surface area contributed by atoms with Crippen LogP contribution in [0.4, 0.5) is 32.9 Å². The van der Waals surface area contributed by atoms with E-state index in [4.69, 9.17) is 30.9 Å². The number of hydrogen-bond donors (Lipinski definition) is 8. The summed E-state index contributed by atoms with van der Waals surface area (Å²) in [6.45, 7) is 14.6. The molecule has 8 aromatic rings. The van der Waals surface area contributed by atoms with Crippen molar-refractivity contribution in [3.05, 3.63) is 169 Å². The molecule has 0 spiro atoms. The molecule has 8 amide bonds. The summed E-state index contributed by atoms with van der Waals surface area (Å²) < 4.78 is 15.5. The molecule has 8 fully saturated rings. The number of hydrogen-bond acceptors (Lipinski definition) is 25. The van der Waals surface area contributed by atoms with Gasteiger partial charge in [0.05, 0.1) is 36.3 Å². The van der Waals surface area contributed by atoms with Crippen LogP contribution in [0.25, 0.3) is 33.5 Å². The van der Waals surface area contributed by atoms with Crippen molar-refractivity contribution in [3.63, 3.8) is 0 Å². The number of nitrogen functional groups attached to an aromatic ring is 2. The van der Waals surface area contributed by atoms with Crippen LogP contribution in [0, 0.1) is 5.92 Å². The zero-order valence-electron chi connectivity index (χ0n) is 81.6. The number of rotatable bonds is 52. The highest BCUT2D eigenvalue weighted by atomic mass is 32.2. The summed E-state index contributed by atoms with van der Waals surface area (Å²) in [5.41, 5.74) is 18.0. The lowest BCUT2D eigenvalue weighted by Gasteiger charge is -2.35. The number of anilines is 4. The van der Waals surface area contributed by atoms with Crippen LogP contribution >= 0.6 is 11.8 Å². The number of pyridine rings is 2. The highest BCUT2D eigenvalue weighted by molar-refractivity contribution is 8.00. The lowest BCUT2D eigenvalue weighted by molar-refractivity contribution is -0.130. The largest absolute Gasteiger partial charge is 0.382 e. The summed E-state index contributed by atoms with van der Waals surface area (Å²) in [7, 11) is 0.